The molecule has 3 aromatic rings. The molecule has 1 amide bonds. The first-order valence-corrected chi connectivity index (χ1v) is 7.84. The number of para-hydroxylation sites is 1. The number of hydrogen-bond donors (Lipinski definition) is 1. The molecule has 0 saturated heterocycles. The predicted molar refractivity (Wildman–Crippen MR) is 93.5 cm³/mol. The number of carbonyl (C=O) groups is 1. The Morgan fingerprint density at radius 2 is 2.00 bits per heavy atom. The zero-order valence-electron chi connectivity index (χ0n) is 13.9. The molecule has 5 nitrogen and oxygen atoms in total. The van der Waals surface area contributed by atoms with E-state index in [-0.39, 0.29) is 0 Å². The van der Waals surface area contributed by atoms with Gasteiger partial charge in [-0.2, -0.15) is 5.10 Å². The molecule has 1 heterocycles. The standard InChI is InChI=1S/C19H17FN2O3/c1-3-24-16-6-4-5-14-11-17(25-18(14)16)12(2)21-22-19(23)13-7-9-15(20)10-8-13/h4-11H,3H2,1-2H3,(H,22,23)/b21-12-. The van der Waals surface area contributed by atoms with Gasteiger partial charge in [0.1, 0.15) is 11.5 Å². The number of benzene rings is 2. The molecular formula is C19H17FN2O3. The van der Waals surface area contributed by atoms with E-state index in [4.69, 9.17) is 9.15 Å². The number of carbonyl (C=O) groups excluding carboxylic acids is 1. The summed E-state index contributed by atoms with van der Waals surface area (Å²) in [5.41, 5.74) is 3.90. The Kier molecular flexibility index (Phi) is 4.79. The molecular weight excluding hydrogens is 323 g/mol. The normalized spacial score (nSPS) is 11.6. The van der Waals surface area contributed by atoms with Crippen LogP contribution in [0.15, 0.2) is 58.0 Å². The largest absolute Gasteiger partial charge is 0.490 e. The highest BCUT2D eigenvalue weighted by atomic mass is 19.1. The summed E-state index contributed by atoms with van der Waals surface area (Å²) in [6.07, 6.45) is 0. The molecule has 3 rings (SSSR count). The minimum absolute atomic E-state index is 0.321. The van der Waals surface area contributed by atoms with Crippen LogP contribution < -0.4 is 10.2 Å². The first-order valence-electron chi connectivity index (χ1n) is 7.84. The number of nitrogens with zero attached hydrogens (tertiary/aromatic N) is 1. The number of halogens is 1. The SMILES string of the molecule is CCOc1cccc2cc(/C(C)=N\NC(=O)c3ccc(F)cc3)oc12. The highest BCUT2D eigenvalue weighted by molar-refractivity contribution is 6.02. The highest BCUT2D eigenvalue weighted by Crippen LogP contribution is 2.29. The number of nitrogens with one attached hydrogen (secondary N) is 1. The molecule has 25 heavy (non-hydrogen) atoms. The fraction of sp³-hybridized carbons (Fsp3) is 0.158. The van der Waals surface area contributed by atoms with Crippen LogP contribution in [0.3, 0.4) is 0 Å². The van der Waals surface area contributed by atoms with E-state index >= 15 is 0 Å². The molecule has 0 aliphatic heterocycles. The Hall–Kier alpha value is -3.15. The van der Waals surface area contributed by atoms with Crippen molar-refractivity contribution in [2.45, 2.75) is 13.8 Å². The molecule has 0 aliphatic rings. The fourth-order valence-electron chi connectivity index (χ4n) is 2.34. The minimum atomic E-state index is -0.425. The van der Waals surface area contributed by atoms with E-state index in [1.165, 1.54) is 24.3 Å². The molecule has 0 bridgehead atoms. The van der Waals surface area contributed by atoms with Crippen LogP contribution in [0.4, 0.5) is 4.39 Å². The molecule has 1 N–H and O–H groups in total. The first kappa shape index (κ1) is 16.7. The number of hydrogen-bond acceptors (Lipinski definition) is 4. The average Bonchev–Trinajstić information content (AvgIpc) is 3.05. The van der Waals surface area contributed by atoms with Crippen LogP contribution in [0, 0.1) is 5.82 Å². The minimum Gasteiger partial charge on any atom is -0.490 e. The van der Waals surface area contributed by atoms with E-state index < -0.39 is 11.7 Å². The maximum absolute atomic E-state index is 12.9. The van der Waals surface area contributed by atoms with Crippen molar-refractivity contribution in [3.05, 3.63) is 65.7 Å². The molecule has 2 aromatic carbocycles. The van der Waals surface area contributed by atoms with Crippen molar-refractivity contribution in [2.24, 2.45) is 5.10 Å². The van der Waals surface area contributed by atoms with Crippen molar-refractivity contribution in [2.75, 3.05) is 6.61 Å². The highest BCUT2D eigenvalue weighted by Gasteiger charge is 2.12. The lowest BCUT2D eigenvalue weighted by Crippen LogP contribution is -2.19. The lowest BCUT2D eigenvalue weighted by molar-refractivity contribution is 0.0955. The summed E-state index contributed by atoms with van der Waals surface area (Å²) in [4.78, 5) is 12.0. The zero-order chi connectivity index (χ0) is 17.8. The van der Waals surface area contributed by atoms with E-state index in [0.717, 1.165) is 5.39 Å². The molecule has 128 valence electrons. The second kappa shape index (κ2) is 7.17. The van der Waals surface area contributed by atoms with E-state index in [1.807, 2.05) is 31.2 Å². The number of amides is 1. The van der Waals surface area contributed by atoms with Crippen LogP contribution in [0.2, 0.25) is 0 Å². The summed E-state index contributed by atoms with van der Waals surface area (Å²) in [6.45, 7) is 4.17. The summed E-state index contributed by atoms with van der Waals surface area (Å²) < 4.78 is 24.2. The van der Waals surface area contributed by atoms with Crippen LogP contribution in [0.1, 0.15) is 30.0 Å². The Morgan fingerprint density at radius 1 is 1.24 bits per heavy atom. The van der Waals surface area contributed by atoms with Gasteiger partial charge < -0.3 is 9.15 Å². The molecule has 0 atom stereocenters. The molecule has 6 heteroatoms. The van der Waals surface area contributed by atoms with Crippen molar-refractivity contribution in [3.63, 3.8) is 0 Å². The number of furan rings is 1. The third-order valence-electron chi connectivity index (χ3n) is 3.60. The van der Waals surface area contributed by atoms with Gasteiger partial charge in [-0.25, -0.2) is 9.82 Å². The van der Waals surface area contributed by atoms with Crippen LogP contribution in [-0.4, -0.2) is 18.2 Å². The Labute approximate surface area is 144 Å². The van der Waals surface area contributed by atoms with Crippen molar-refractivity contribution >= 4 is 22.6 Å². The van der Waals surface area contributed by atoms with Gasteiger partial charge in [0.05, 0.1) is 6.61 Å². The van der Waals surface area contributed by atoms with E-state index in [1.54, 1.807) is 6.92 Å². The number of hydrazone groups is 1. The van der Waals surface area contributed by atoms with Gasteiger partial charge in [-0.3, -0.25) is 4.79 Å². The maximum Gasteiger partial charge on any atom is 0.271 e. The number of fused-ring (bicyclic) bond motifs is 1. The zero-order valence-corrected chi connectivity index (χ0v) is 13.9. The van der Waals surface area contributed by atoms with Gasteiger partial charge in [-0.15, -0.1) is 0 Å². The van der Waals surface area contributed by atoms with Gasteiger partial charge in [0.25, 0.3) is 5.91 Å². The number of ether oxygens (including phenoxy) is 1. The van der Waals surface area contributed by atoms with Crippen LogP contribution in [0.25, 0.3) is 11.0 Å². The van der Waals surface area contributed by atoms with Crippen LogP contribution in [0.5, 0.6) is 5.75 Å². The topological polar surface area (TPSA) is 63.8 Å². The Bertz CT molecular complexity index is 929. The van der Waals surface area contributed by atoms with Crippen molar-refractivity contribution in [1.82, 2.24) is 5.43 Å². The van der Waals surface area contributed by atoms with Crippen LogP contribution >= 0.6 is 0 Å². The van der Waals surface area contributed by atoms with Crippen molar-refractivity contribution < 1.29 is 18.3 Å². The summed E-state index contributed by atoms with van der Waals surface area (Å²) >= 11 is 0. The summed E-state index contributed by atoms with van der Waals surface area (Å²) in [5, 5.41) is 4.94. The van der Waals surface area contributed by atoms with Crippen LogP contribution in [-0.2, 0) is 0 Å². The van der Waals surface area contributed by atoms with E-state index in [2.05, 4.69) is 10.5 Å². The monoisotopic (exact) mass is 340 g/mol. The second-order valence-corrected chi connectivity index (χ2v) is 5.36. The fourth-order valence-corrected chi connectivity index (χ4v) is 2.34. The number of rotatable bonds is 5. The lowest BCUT2D eigenvalue weighted by atomic mass is 10.2. The smallest absolute Gasteiger partial charge is 0.271 e. The molecule has 0 spiro atoms. The Morgan fingerprint density at radius 3 is 2.72 bits per heavy atom. The summed E-state index contributed by atoms with van der Waals surface area (Å²) in [5.74, 6) is 0.366. The maximum atomic E-state index is 12.9. The lowest BCUT2D eigenvalue weighted by Gasteiger charge is -2.02. The van der Waals surface area contributed by atoms with Crippen molar-refractivity contribution in [1.29, 1.82) is 0 Å². The van der Waals surface area contributed by atoms with Gasteiger partial charge >= 0.3 is 0 Å². The quantitative estimate of drug-likeness (QED) is 0.561. The molecule has 0 radical (unpaired) electrons. The van der Waals surface area contributed by atoms with Gasteiger partial charge in [-0.1, -0.05) is 12.1 Å². The molecule has 0 saturated carbocycles. The van der Waals surface area contributed by atoms with Gasteiger partial charge in [-0.05, 0) is 50.2 Å². The van der Waals surface area contributed by atoms with E-state index in [0.29, 0.717) is 35.0 Å². The molecule has 1 aromatic heterocycles. The third-order valence-corrected chi connectivity index (χ3v) is 3.60. The van der Waals surface area contributed by atoms with Crippen molar-refractivity contribution in [3.8, 4) is 5.75 Å². The molecule has 0 aliphatic carbocycles. The first-order chi connectivity index (χ1) is 12.1. The molecule has 0 unspecified atom stereocenters. The third kappa shape index (κ3) is 3.68. The second-order valence-electron chi connectivity index (χ2n) is 5.36. The summed E-state index contributed by atoms with van der Waals surface area (Å²) in [6, 6.07) is 12.7. The van der Waals surface area contributed by atoms with Gasteiger partial charge in [0.15, 0.2) is 17.1 Å². The Balaban J connectivity index is 1.80. The average molecular weight is 340 g/mol. The van der Waals surface area contributed by atoms with E-state index in [9.17, 15) is 9.18 Å². The van der Waals surface area contributed by atoms with Gasteiger partial charge in [0, 0.05) is 10.9 Å². The molecule has 0 fully saturated rings. The predicted octanol–water partition coefficient (Wildman–Crippen LogP) is 4.12. The van der Waals surface area contributed by atoms with Gasteiger partial charge in [0.2, 0.25) is 0 Å². The summed E-state index contributed by atoms with van der Waals surface area (Å²) in [7, 11) is 0.